The van der Waals surface area contributed by atoms with Gasteiger partial charge in [0, 0.05) is 18.8 Å². The number of nitrogens with zero attached hydrogens (tertiary/aromatic N) is 2. The summed E-state index contributed by atoms with van der Waals surface area (Å²) >= 11 is 0. The number of amides is 1. The van der Waals surface area contributed by atoms with Gasteiger partial charge in [-0.2, -0.15) is 0 Å². The maximum Gasteiger partial charge on any atom is 0.258 e. The van der Waals surface area contributed by atoms with Gasteiger partial charge in [0.1, 0.15) is 5.75 Å². The Hall–Kier alpha value is -2.36. The molecule has 0 aliphatic rings. The molecule has 1 amide bonds. The van der Waals surface area contributed by atoms with Gasteiger partial charge in [-0.1, -0.05) is 0 Å². The molecule has 1 aromatic carbocycles. The highest BCUT2D eigenvalue weighted by atomic mass is 16.3. The molecule has 92 valence electrons. The molecule has 2 aromatic rings. The van der Waals surface area contributed by atoms with Crippen LogP contribution >= 0.6 is 0 Å². The summed E-state index contributed by atoms with van der Waals surface area (Å²) in [6, 6.07) is 8.31. The van der Waals surface area contributed by atoms with Crippen molar-refractivity contribution in [3.05, 3.63) is 53.9 Å². The minimum Gasteiger partial charge on any atom is -0.508 e. The van der Waals surface area contributed by atoms with E-state index < -0.39 is 0 Å². The molecule has 1 N–H and O–H groups in total. The maximum atomic E-state index is 12.3. The summed E-state index contributed by atoms with van der Waals surface area (Å²) in [5, 5.41) is 9.34. The number of hydrogen-bond acceptors (Lipinski definition) is 3. The summed E-state index contributed by atoms with van der Waals surface area (Å²) in [5.41, 5.74) is 2.05. The zero-order valence-electron chi connectivity index (χ0n) is 10.3. The predicted molar refractivity (Wildman–Crippen MR) is 69.8 cm³/mol. The van der Waals surface area contributed by atoms with Gasteiger partial charge in [0.15, 0.2) is 0 Å². The highest BCUT2D eigenvalue weighted by Crippen LogP contribution is 2.19. The molecule has 4 nitrogen and oxygen atoms in total. The van der Waals surface area contributed by atoms with Crippen LogP contribution < -0.4 is 4.90 Å². The Kier molecular flexibility index (Phi) is 3.28. The fourth-order valence-corrected chi connectivity index (χ4v) is 1.74. The number of aryl methyl sites for hydroxylation is 1. The lowest BCUT2D eigenvalue weighted by molar-refractivity contribution is 0.0992. The second-order valence-electron chi connectivity index (χ2n) is 4.07. The Morgan fingerprint density at radius 2 is 2.11 bits per heavy atom. The lowest BCUT2D eigenvalue weighted by atomic mass is 10.1. The normalized spacial score (nSPS) is 10.1. The van der Waals surface area contributed by atoms with Crippen molar-refractivity contribution < 1.29 is 9.90 Å². The van der Waals surface area contributed by atoms with Gasteiger partial charge in [-0.3, -0.25) is 9.78 Å². The molecule has 0 radical (unpaired) electrons. The van der Waals surface area contributed by atoms with Crippen LogP contribution in [0.25, 0.3) is 0 Å². The zero-order chi connectivity index (χ0) is 13.1. The Bertz CT molecular complexity index is 567. The van der Waals surface area contributed by atoms with Gasteiger partial charge in [-0.05, 0) is 42.8 Å². The summed E-state index contributed by atoms with van der Waals surface area (Å²) < 4.78 is 0. The number of anilines is 1. The number of carbonyl (C=O) groups is 1. The van der Waals surface area contributed by atoms with E-state index in [-0.39, 0.29) is 11.7 Å². The number of phenolic OH excluding ortho intramolecular Hbond substituents is 1. The zero-order valence-corrected chi connectivity index (χ0v) is 10.3. The summed E-state index contributed by atoms with van der Waals surface area (Å²) in [6.07, 6.45) is 3.29. The summed E-state index contributed by atoms with van der Waals surface area (Å²) in [7, 11) is 1.70. The highest BCUT2D eigenvalue weighted by molar-refractivity contribution is 6.06. The number of aromatic hydroxyl groups is 1. The van der Waals surface area contributed by atoms with Crippen LogP contribution in [0.5, 0.6) is 5.75 Å². The van der Waals surface area contributed by atoms with Crippen LogP contribution in [-0.4, -0.2) is 23.0 Å². The highest BCUT2D eigenvalue weighted by Gasteiger charge is 2.15. The second-order valence-corrected chi connectivity index (χ2v) is 4.07. The Morgan fingerprint density at radius 1 is 1.33 bits per heavy atom. The Balaban J connectivity index is 2.32. The molecule has 4 heteroatoms. The lowest BCUT2D eigenvalue weighted by Crippen LogP contribution is -2.26. The van der Waals surface area contributed by atoms with Crippen LogP contribution in [0.1, 0.15) is 15.9 Å². The van der Waals surface area contributed by atoms with E-state index in [0.29, 0.717) is 5.56 Å². The number of benzene rings is 1. The SMILES string of the molecule is Cc1cc(O)ccc1C(=O)N(C)c1cccnc1. The molecule has 0 spiro atoms. The third kappa shape index (κ3) is 2.32. The standard InChI is InChI=1S/C14H14N2O2/c1-10-8-12(17)5-6-13(10)14(18)16(2)11-4-3-7-15-9-11/h3-9,17H,1-2H3. The first-order chi connectivity index (χ1) is 8.59. The number of rotatable bonds is 2. The van der Waals surface area contributed by atoms with Crippen LogP contribution in [0.4, 0.5) is 5.69 Å². The van der Waals surface area contributed by atoms with Gasteiger partial charge < -0.3 is 10.0 Å². The lowest BCUT2D eigenvalue weighted by Gasteiger charge is -2.18. The largest absolute Gasteiger partial charge is 0.508 e. The first-order valence-corrected chi connectivity index (χ1v) is 5.57. The van der Waals surface area contributed by atoms with E-state index in [0.717, 1.165) is 11.3 Å². The minimum absolute atomic E-state index is 0.125. The monoisotopic (exact) mass is 242 g/mol. The van der Waals surface area contributed by atoms with Crippen molar-refractivity contribution in [2.45, 2.75) is 6.92 Å². The first kappa shape index (κ1) is 12.1. The molecular formula is C14H14N2O2. The summed E-state index contributed by atoms with van der Waals surface area (Å²) in [5.74, 6) is 0.0357. The molecule has 0 aliphatic heterocycles. The number of hydrogen-bond donors (Lipinski definition) is 1. The molecule has 1 aromatic heterocycles. The van der Waals surface area contributed by atoms with E-state index in [2.05, 4.69) is 4.98 Å². The minimum atomic E-state index is -0.125. The van der Waals surface area contributed by atoms with E-state index in [4.69, 9.17) is 0 Å². The average molecular weight is 242 g/mol. The van der Waals surface area contributed by atoms with E-state index in [1.807, 2.05) is 6.07 Å². The number of aromatic nitrogens is 1. The molecule has 0 atom stereocenters. The van der Waals surface area contributed by atoms with E-state index in [1.165, 1.54) is 11.0 Å². The third-order valence-corrected chi connectivity index (χ3v) is 2.78. The van der Waals surface area contributed by atoms with Gasteiger partial charge in [-0.15, -0.1) is 0 Å². The number of pyridine rings is 1. The van der Waals surface area contributed by atoms with Crippen molar-refractivity contribution in [1.82, 2.24) is 4.98 Å². The maximum absolute atomic E-state index is 12.3. The molecule has 1 heterocycles. The summed E-state index contributed by atoms with van der Waals surface area (Å²) in [4.78, 5) is 17.8. The van der Waals surface area contributed by atoms with E-state index >= 15 is 0 Å². The first-order valence-electron chi connectivity index (χ1n) is 5.57. The van der Waals surface area contributed by atoms with Gasteiger partial charge in [0.2, 0.25) is 0 Å². The Labute approximate surface area is 106 Å². The Morgan fingerprint density at radius 3 is 2.72 bits per heavy atom. The molecular weight excluding hydrogens is 228 g/mol. The second kappa shape index (κ2) is 4.87. The topological polar surface area (TPSA) is 53.4 Å². The number of phenols is 1. The number of carbonyl (C=O) groups excluding carboxylic acids is 1. The van der Waals surface area contributed by atoms with E-state index in [1.54, 1.807) is 44.6 Å². The molecule has 18 heavy (non-hydrogen) atoms. The quantitative estimate of drug-likeness (QED) is 0.879. The van der Waals surface area contributed by atoms with Gasteiger partial charge in [0.25, 0.3) is 5.91 Å². The molecule has 0 saturated carbocycles. The smallest absolute Gasteiger partial charge is 0.258 e. The van der Waals surface area contributed by atoms with Crippen LogP contribution in [0, 0.1) is 6.92 Å². The fourth-order valence-electron chi connectivity index (χ4n) is 1.74. The van der Waals surface area contributed by atoms with Crippen LogP contribution in [0.15, 0.2) is 42.7 Å². The van der Waals surface area contributed by atoms with Crippen molar-refractivity contribution in [1.29, 1.82) is 0 Å². The van der Waals surface area contributed by atoms with Crippen LogP contribution in [0.3, 0.4) is 0 Å². The van der Waals surface area contributed by atoms with Crippen molar-refractivity contribution in [2.75, 3.05) is 11.9 Å². The van der Waals surface area contributed by atoms with Crippen molar-refractivity contribution in [2.24, 2.45) is 0 Å². The van der Waals surface area contributed by atoms with Gasteiger partial charge >= 0.3 is 0 Å². The molecule has 0 bridgehead atoms. The summed E-state index contributed by atoms with van der Waals surface area (Å²) in [6.45, 7) is 1.80. The predicted octanol–water partition coefficient (Wildman–Crippen LogP) is 2.37. The van der Waals surface area contributed by atoms with Crippen molar-refractivity contribution in [3.8, 4) is 5.75 Å². The molecule has 0 fully saturated rings. The van der Waals surface area contributed by atoms with Gasteiger partial charge in [0.05, 0.1) is 11.9 Å². The van der Waals surface area contributed by atoms with Gasteiger partial charge in [-0.25, -0.2) is 0 Å². The van der Waals surface area contributed by atoms with Crippen LogP contribution in [-0.2, 0) is 0 Å². The molecule has 2 rings (SSSR count). The van der Waals surface area contributed by atoms with Crippen molar-refractivity contribution >= 4 is 11.6 Å². The molecule has 0 unspecified atom stereocenters. The van der Waals surface area contributed by atoms with Crippen LogP contribution in [0.2, 0.25) is 0 Å². The molecule has 0 saturated heterocycles. The fraction of sp³-hybridized carbons (Fsp3) is 0.143. The molecule has 0 aliphatic carbocycles. The van der Waals surface area contributed by atoms with E-state index in [9.17, 15) is 9.90 Å². The average Bonchev–Trinajstić information content (AvgIpc) is 2.38. The van der Waals surface area contributed by atoms with Crippen molar-refractivity contribution in [3.63, 3.8) is 0 Å². The third-order valence-electron chi connectivity index (χ3n) is 2.78.